The van der Waals surface area contributed by atoms with Gasteiger partial charge in [0.15, 0.2) is 0 Å². The van der Waals surface area contributed by atoms with E-state index in [0.29, 0.717) is 78.4 Å². The molecule has 0 bridgehead atoms. The summed E-state index contributed by atoms with van der Waals surface area (Å²) >= 11 is 0. The molecule has 2 N–H and O–H groups in total. The maximum absolute atomic E-state index is 11.4. The molecule has 2 fully saturated rings. The Morgan fingerprint density at radius 1 is 0.684 bits per heavy atom. The van der Waals surface area contributed by atoms with Crippen LogP contribution in [0.2, 0.25) is 0 Å². The number of β-amino-alcohol motifs (C(OH)–C–C–N with tert-alkyl or cyclic N) is 1. The molecule has 0 amide bonds. The first kappa shape index (κ1) is 38.3. The minimum atomic E-state index is -0.892. The van der Waals surface area contributed by atoms with Gasteiger partial charge < -0.3 is 24.6 Å². The predicted molar refractivity (Wildman–Crippen MR) is 149 cm³/mol. The van der Waals surface area contributed by atoms with Crippen molar-refractivity contribution in [1.29, 1.82) is 0 Å². The van der Waals surface area contributed by atoms with Crippen molar-refractivity contribution < 1.29 is 34.1 Å². The monoisotopic (exact) mass is 549 g/mol. The SMILES string of the molecule is C.C.CC.O=COCN1CCN(COC=O)CCN(CC(O)CN2CCCCC2)CCN(CC(=O)O)CC1. The number of rotatable bonds is 12. The van der Waals surface area contributed by atoms with Crippen LogP contribution in [0.3, 0.4) is 0 Å². The van der Waals surface area contributed by atoms with Crippen LogP contribution >= 0.6 is 0 Å². The summed E-state index contributed by atoms with van der Waals surface area (Å²) in [6, 6.07) is 0. The van der Waals surface area contributed by atoms with Gasteiger partial charge in [0.05, 0.1) is 12.6 Å². The van der Waals surface area contributed by atoms with E-state index in [1.165, 1.54) is 19.3 Å². The molecule has 0 spiro atoms. The molecule has 0 aromatic rings. The molecular formula is C26H55N5O7. The molecule has 38 heavy (non-hydrogen) atoms. The Morgan fingerprint density at radius 2 is 1.05 bits per heavy atom. The lowest BCUT2D eigenvalue weighted by atomic mass is 10.1. The van der Waals surface area contributed by atoms with Gasteiger partial charge in [0.2, 0.25) is 0 Å². The first-order valence-corrected chi connectivity index (χ1v) is 13.1. The van der Waals surface area contributed by atoms with Gasteiger partial charge in [0.1, 0.15) is 13.5 Å². The van der Waals surface area contributed by atoms with Gasteiger partial charge in [-0.3, -0.25) is 34.0 Å². The van der Waals surface area contributed by atoms with E-state index in [9.17, 15) is 24.6 Å². The number of carbonyl (C=O) groups is 3. The molecule has 0 aliphatic carbocycles. The summed E-state index contributed by atoms with van der Waals surface area (Å²) in [5.74, 6) is -0.892. The number of piperidine rings is 1. The molecule has 1 atom stereocenters. The molecule has 226 valence electrons. The van der Waals surface area contributed by atoms with Crippen molar-refractivity contribution in [1.82, 2.24) is 24.5 Å². The summed E-state index contributed by atoms with van der Waals surface area (Å²) in [6.45, 7) is 12.8. The molecular weight excluding hydrogens is 494 g/mol. The molecule has 1 unspecified atom stereocenters. The molecule has 2 heterocycles. The highest BCUT2D eigenvalue weighted by molar-refractivity contribution is 5.69. The predicted octanol–water partition coefficient (Wildman–Crippen LogP) is 0.699. The van der Waals surface area contributed by atoms with Gasteiger partial charge in [0.25, 0.3) is 12.9 Å². The van der Waals surface area contributed by atoms with E-state index in [1.807, 2.05) is 28.5 Å². The molecule has 0 radical (unpaired) electrons. The van der Waals surface area contributed by atoms with E-state index in [4.69, 9.17) is 9.47 Å². The van der Waals surface area contributed by atoms with Crippen LogP contribution in [0.4, 0.5) is 0 Å². The highest BCUT2D eigenvalue weighted by atomic mass is 16.5. The Labute approximate surface area is 230 Å². The van der Waals surface area contributed by atoms with E-state index >= 15 is 0 Å². The standard InChI is InChI=1S/C22H41N5O7.C2H6.2CH4/c28-19-33-17-26-10-8-24(15-21(30)14-23-4-2-1-3-5-23)6-7-25(16-22(31)32)9-11-27(13-12-26)18-34-20-29;1-2;;/h19-21,30H,1-18H2,(H,31,32);1-2H3;2*1H4. The zero-order chi connectivity index (χ0) is 26.6. The number of nitrogens with zero attached hydrogens (tertiary/aromatic N) is 5. The van der Waals surface area contributed by atoms with Gasteiger partial charge >= 0.3 is 5.97 Å². The van der Waals surface area contributed by atoms with Gasteiger partial charge in [-0.1, -0.05) is 35.1 Å². The first-order valence-electron chi connectivity index (χ1n) is 13.1. The van der Waals surface area contributed by atoms with E-state index < -0.39 is 12.1 Å². The van der Waals surface area contributed by atoms with Crippen molar-refractivity contribution in [2.75, 3.05) is 98.5 Å². The van der Waals surface area contributed by atoms with Crippen LogP contribution in [-0.4, -0.2) is 158 Å². The summed E-state index contributed by atoms with van der Waals surface area (Å²) in [4.78, 5) is 43.0. The molecule has 0 saturated carbocycles. The van der Waals surface area contributed by atoms with Crippen LogP contribution < -0.4 is 0 Å². The van der Waals surface area contributed by atoms with Crippen molar-refractivity contribution in [3.05, 3.63) is 0 Å². The van der Waals surface area contributed by atoms with Gasteiger partial charge in [0, 0.05) is 65.4 Å². The van der Waals surface area contributed by atoms with Crippen molar-refractivity contribution in [3.63, 3.8) is 0 Å². The third kappa shape index (κ3) is 17.6. The molecule has 2 aliphatic rings. The summed E-state index contributed by atoms with van der Waals surface area (Å²) in [6.07, 6.45) is 3.09. The number of carboxylic acid groups (broad SMARTS) is 1. The Kier molecular flexibility index (Phi) is 24.4. The Balaban J connectivity index is 0. The Bertz CT molecular complexity index is 596. The van der Waals surface area contributed by atoms with Crippen molar-refractivity contribution in [2.45, 2.75) is 54.1 Å². The smallest absolute Gasteiger partial charge is 0.317 e. The van der Waals surface area contributed by atoms with Gasteiger partial charge in [-0.25, -0.2) is 0 Å². The van der Waals surface area contributed by atoms with Crippen LogP contribution in [0.15, 0.2) is 0 Å². The second-order valence-electron chi connectivity index (χ2n) is 9.01. The summed E-state index contributed by atoms with van der Waals surface area (Å²) in [7, 11) is 0. The molecule has 2 rings (SSSR count). The summed E-state index contributed by atoms with van der Waals surface area (Å²) in [5.41, 5.74) is 0. The second kappa shape index (κ2) is 24.2. The van der Waals surface area contributed by atoms with Crippen molar-refractivity contribution in [2.24, 2.45) is 0 Å². The van der Waals surface area contributed by atoms with E-state index in [1.54, 1.807) is 0 Å². The largest absolute Gasteiger partial charge is 0.480 e. The van der Waals surface area contributed by atoms with Crippen LogP contribution in [-0.2, 0) is 23.9 Å². The number of likely N-dealkylation sites (tertiary alicyclic amines) is 1. The lowest BCUT2D eigenvalue weighted by molar-refractivity contribution is -0.139. The fraction of sp³-hybridized carbons (Fsp3) is 0.885. The number of aliphatic carboxylic acids is 1. The number of hydrogen-bond acceptors (Lipinski definition) is 11. The van der Waals surface area contributed by atoms with E-state index in [0.717, 1.165) is 13.1 Å². The zero-order valence-electron chi connectivity index (χ0n) is 22.1. The minimum Gasteiger partial charge on any atom is -0.480 e. The maximum Gasteiger partial charge on any atom is 0.317 e. The summed E-state index contributed by atoms with van der Waals surface area (Å²) in [5, 5.41) is 20.1. The zero-order valence-corrected chi connectivity index (χ0v) is 22.1. The highest BCUT2D eigenvalue weighted by Crippen LogP contribution is 2.10. The average molecular weight is 550 g/mol. The number of hydrogen-bond donors (Lipinski definition) is 2. The fourth-order valence-electron chi connectivity index (χ4n) is 4.44. The van der Waals surface area contributed by atoms with Crippen LogP contribution in [0, 0.1) is 0 Å². The topological polar surface area (TPSA) is 126 Å². The normalized spacial score (nSPS) is 20.1. The molecule has 2 saturated heterocycles. The van der Waals surface area contributed by atoms with Crippen LogP contribution in [0.25, 0.3) is 0 Å². The lowest BCUT2D eigenvalue weighted by Gasteiger charge is -2.35. The lowest BCUT2D eigenvalue weighted by Crippen LogP contribution is -2.49. The highest BCUT2D eigenvalue weighted by Gasteiger charge is 2.21. The Hall–Kier alpha value is -1.83. The molecule has 0 aromatic carbocycles. The van der Waals surface area contributed by atoms with Gasteiger partial charge in [-0.05, 0) is 25.9 Å². The number of carbonyl (C=O) groups excluding carboxylic acids is 2. The van der Waals surface area contributed by atoms with E-state index in [-0.39, 0.29) is 34.9 Å². The molecule has 12 nitrogen and oxygen atoms in total. The van der Waals surface area contributed by atoms with E-state index in [2.05, 4.69) is 9.80 Å². The minimum absolute atomic E-state index is 0. The maximum atomic E-state index is 11.4. The van der Waals surface area contributed by atoms with Crippen LogP contribution in [0.1, 0.15) is 48.0 Å². The van der Waals surface area contributed by atoms with Gasteiger partial charge in [-0.15, -0.1) is 0 Å². The van der Waals surface area contributed by atoms with Crippen molar-refractivity contribution >= 4 is 18.9 Å². The fourth-order valence-corrected chi connectivity index (χ4v) is 4.44. The average Bonchev–Trinajstić information content (AvgIpc) is 2.87. The number of aliphatic hydroxyl groups excluding tert-OH is 1. The van der Waals surface area contributed by atoms with Crippen molar-refractivity contribution in [3.8, 4) is 0 Å². The quantitative estimate of drug-likeness (QED) is 0.333. The third-order valence-corrected chi connectivity index (χ3v) is 6.33. The summed E-state index contributed by atoms with van der Waals surface area (Å²) < 4.78 is 9.90. The number of aliphatic hydroxyl groups is 1. The number of carboxylic acids is 1. The molecule has 0 aromatic heterocycles. The van der Waals surface area contributed by atoms with Gasteiger partial charge in [-0.2, -0.15) is 0 Å². The second-order valence-corrected chi connectivity index (χ2v) is 9.01. The third-order valence-electron chi connectivity index (χ3n) is 6.33. The number of ether oxygens (including phenoxy) is 2. The molecule has 2 aliphatic heterocycles. The molecule has 12 heteroatoms. The van der Waals surface area contributed by atoms with Crippen LogP contribution in [0.5, 0.6) is 0 Å². The first-order chi connectivity index (χ1) is 17.5. The Morgan fingerprint density at radius 3 is 1.45 bits per heavy atom.